The highest BCUT2D eigenvalue weighted by Gasteiger charge is 2.00. The van der Waals surface area contributed by atoms with Crippen LogP contribution in [0.25, 0.3) is 11.1 Å². The van der Waals surface area contributed by atoms with Crippen LogP contribution in [0.15, 0.2) is 16.9 Å². The van der Waals surface area contributed by atoms with Crippen LogP contribution in [-0.2, 0) is 6.42 Å². The second kappa shape index (κ2) is 2.30. The van der Waals surface area contributed by atoms with Gasteiger partial charge in [-0.2, -0.15) is 0 Å². The number of hydrogen-bond acceptors (Lipinski definition) is 4. The minimum absolute atomic E-state index is 0.641. The van der Waals surface area contributed by atoms with Crippen LogP contribution in [0, 0.1) is 0 Å². The van der Waals surface area contributed by atoms with Gasteiger partial charge in [0, 0.05) is 6.42 Å². The molecule has 0 fully saturated rings. The van der Waals surface area contributed by atoms with Crippen molar-refractivity contribution in [1.82, 2.24) is 15.1 Å². The highest BCUT2D eigenvalue weighted by molar-refractivity contribution is 5.69. The van der Waals surface area contributed by atoms with Gasteiger partial charge < -0.3 is 4.52 Å². The molecule has 4 nitrogen and oxygen atoms in total. The van der Waals surface area contributed by atoms with Crippen LogP contribution in [0.1, 0.15) is 12.7 Å². The first-order valence-corrected chi connectivity index (χ1v) is 3.46. The second-order valence-corrected chi connectivity index (χ2v) is 2.22. The Kier molecular flexibility index (Phi) is 1.31. The lowest BCUT2D eigenvalue weighted by atomic mass is 10.4. The van der Waals surface area contributed by atoms with Crippen molar-refractivity contribution in [2.75, 3.05) is 0 Å². The molecule has 0 amide bonds. The number of aromatic nitrogens is 3. The first-order chi connectivity index (χ1) is 5.40. The third kappa shape index (κ3) is 0.960. The van der Waals surface area contributed by atoms with Gasteiger partial charge in [-0.05, 0) is 0 Å². The van der Waals surface area contributed by atoms with E-state index in [1.54, 1.807) is 12.4 Å². The minimum Gasteiger partial charge on any atom is -0.353 e. The molecular weight excluding hydrogens is 142 g/mol. The molecule has 0 atom stereocenters. The van der Waals surface area contributed by atoms with Crippen LogP contribution in [0.3, 0.4) is 0 Å². The fourth-order valence-electron chi connectivity index (χ4n) is 0.889. The maximum absolute atomic E-state index is 4.84. The van der Waals surface area contributed by atoms with Gasteiger partial charge in [-0.25, -0.2) is 9.97 Å². The molecule has 0 aliphatic carbocycles. The zero-order chi connectivity index (χ0) is 7.68. The number of aryl methyl sites for hydroxylation is 1. The van der Waals surface area contributed by atoms with Gasteiger partial charge in [0.15, 0.2) is 0 Å². The van der Waals surface area contributed by atoms with Gasteiger partial charge >= 0.3 is 0 Å². The third-order valence-electron chi connectivity index (χ3n) is 1.48. The Hall–Kier alpha value is -1.45. The summed E-state index contributed by atoms with van der Waals surface area (Å²) in [6, 6.07) is 0. The van der Waals surface area contributed by atoms with Gasteiger partial charge in [0.2, 0.25) is 5.58 Å². The van der Waals surface area contributed by atoms with Gasteiger partial charge in [-0.3, -0.25) is 0 Å². The van der Waals surface area contributed by atoms with Crippen molar-refractivity contribution < 1.29 is 4.52 Å². The maximum Gasteiger partial charge on any atom is 0.203 e. The van der Waals surface area contributed by atoms with E-state index in [1.165, 1.54) is 0 Å². The molecule has 0 bridgehead atoms. The Morgan fingerprint density at radius 2 is 2.36 bits per heavy atom. The Bertz CT molecular complexity index is 368. The van der Waals surface area contributed by atoms with Crippen molar-refractivity contribution in [1.29, 1.82) is 0 Å². The van der Waals surface area contributed by atoms with Crippen LogP contribution >= 0.6 is 0 Å². The predicted molar refractivity (Wildman–Crippen MR) is 39.0 cm³/mol. The van der Waals surface area contributed by atoms with Crippen molar-refractivity contribution in [2.45, 2.75) is 13.3 Å². The molecule has 0 aliphatic rings. The zero-order valence-corrected chi connectivity index (χ0v) is 6.11. The molecule has 2 heterocycles. The van der Waals surface area contributed by atoms with E-state index in [0.29, 0.717) is 5.58 Å². The summed E-state index contributed by atoms with van der Waals surface area (Å²) < 4.78 is 4.84. The molecule has 0 N–H and O–H groups in total. The number of fused-ring (bicyclic) bond motifs is 1. The number of rotatable bonds is 1. The molecule has 0 spiro atoms. The summed E-state index contributed by atoms with van der Waals surface area (Å²) in [6.07, 6.45) is 4.07. The van der Waals surface area contributed by atoms with E-state index in [-0.39, 0.29) is 0 Å². The summed E-state index contributed by atoms with van der Waals surface area (Å²) in [5.41, 5.74) is 1.42. The molecule has 2 aromatic rings. The van der Waals surface area contributed by atoms with Crippen LogP contribution < -0.4 is 0 Å². The molecule has 0 radical (unpaired) electrons. The molecular formula is C7H7N3O. The monoisotopic (exact) mass is 149 g/mol. The number of hydrogen-bond donors (Lipinski definition) is 0. The topological polar surface area (TPSA) is 51.8 Å². The zero-order valence-electron chi connectivity index (χ0n) is 6.11. The average Bonchev–Trinajstić information content (AvgIpc) is 2.50. The van der Waals surface area contributed by atoms with Crippen molar-refractivity contribution in [3.63, 3.8) is 0 Å². The third-order valence-corrected chi connectivity index (χ3v) is 1.48. The first kappa shape index (κ1) is 6.27. The summed E-state index contributed by atoms with van der Waals surface area (Å²) in [5.74, 6) is 0.820. The quantitative estimate of drug-likeness (QED) is 0.610. The van der Waals surface area contributed by atoms with E-state index in [4.69, 9.17) is 4.52 Å². The van der Waals surface area contributed by atoms with Crippen molar-refractivity contribution in [3.05, 3.63) is 18.2 Å². The molecule has 56 valence electrons. The van der Waals surface area contributed by atoms with Crippen LogP contribution in [0.4, 0.5) is 0 Å². The highest BCUT2D eigenvalue weighted by Crippen LogP contribution is 2.08. The van der Waals surface area contributed by atoms with Gasteiger partial charge in [0.05, 0.1) is 12.4 Å². The molecule has 11 heavy (non-hydrogen) atoms. The fraction of sp³-hybridized carbons (Fsp3) is 0.286. The Morgan fingerprint density at radius 1 is 1.45 bits per heavy atom. The summed E-state index contributed by atoms with van der Waals surface area (Å²) in [4.78, 5) is 8.24. The minimum atomic E-state index is 0.641. The lowest BCUT2D eigenvalue weighted by Crippen LogP contribution is -1.89. The van der Waals surface area contributed by atoms with E-state index in [2.05, 4.69) is 15.1 Å². The molecule has 0 unspecified atom stereocenters. The molecule has 4 heteroatoms. The highest BCUT2D eigenvalue weighted by atomic mass is 16.5. The molecule has 0 saturated carbocycles. The Labute approximate surface area is 63.2 Å². The lowest BCUT2D eigenvalue weighted by molar-refractivity contribution is 0.455. The van der Waals surface area contributed by atoms with Gasteiger partial charge in [-0.15, -0.1) is 0 Å². The Morgan fingerprint density at radius 3 is 3.18 bits per heavy atom. The second-order valence-electron chi connectivity index (χ2n) is 2.22. The molecule has 0 aromatic carbocycles. The van der Waals surface area contributed by atoms with Crippen LogP contribution in [0.2, 0.25) is 0 Å². The average molecular weight is 149 g/mol. The lowest BCUT2D eigenvalue weighted by Gasteiger charge is -1.90. The number of nitrogens with zero attached hydrogens (tertiary/aromatic N) is 3. The molecule has 2 aromatic heterocycles. The van der Waals surface area contributed by atoms with Crippen LogP contribution in [-0.4, -0.2) is 15.1 Å². The molecule has 0 aliphatic heterocycles. The summed E-state index contributed by atoms with van der Waals surface area (Å²) >= 11 is 0. The van der Waals surface area contributed by atoms with Crippen LogP contribution in [0.5, 0.6) is 0 Å². The normalized spacial score (nSPS) is 10.6. The summed E-state index contributed by atoms with van der Waals surface area (Å²) in [7, 11) is 0. The first-order valence-electron chi connectivity index (χ1n) is 3.46. The summed E-state index contributed by atoms with van der Waals surface area (Å²) in [6.45, 7) is 2.01. The SMILES string of the molecule is CCc1ncc2oncc2n1. The molecule has 0 saturated heterocycles. The van der Waals surface area contributed by atoms with Gasteiger partial charge in [0.25, 0.3) is 0 Å². The predicted octanol–water partition coefficient (Wildman–Crippen LogP) is 1.18. The van der Waals surface area contributed by atoms with Crippen molar-refractivity contribution in [2.24, 2.45) is 0 Å². The largest absolute Gasteiger partial charge is 0.353 e. The summed E-state index contributed by atoms with van der Waals surface area (Å²) in [5, 5.41) is 3.60. The fourth-order valence-corrected chi connectivity index (χ4v) is 0.889. The van der Waals surface area contributed by atoms with E-state index < -0.39 is 0 Å². The Balaban J connectivity index is 2.67. The standard InChI is InChI=1S/C7H7N3O/c1-2-7-8-4-6-5(10-7)3-9-11-6/h3-4H,2H2,1H3. The van der Waals surface area contributed by atoms with E-state index >= 15 is 0 Å². The van der Waals surface area contributed by atoms with Gasteiger partial charge in [0.1, 0.15) is 11.3 Å². The van der Waals surface area contributed by atoms with Crippen molar-refractivity contribution in [3.8, 4) is 0 Å². The van der Waals surface area contributed by atoms with E-state index in [9.17, 15) is 0 Å². The van der Waals surface area contributed by atoms with Crippen molar-refractivity contribution >= 4 is 11.1 Å². The van der Waals surface area contributed by atoms with Gasteiger partial charge in [-0.1, -0.05) is 12.1 Å². The molecule has 2 rings (SSSR count). The van der Waals surface area contributed by atoms with E-state index in [0.717, 1.165) is 17.8 Å². The van der Waals surface area contributed by atoms with E-state index in [1.807, 2.05) is 6.92 Å². The smallest absolute Gasteiger partial charge is 0.203 e. The maximum atomic E-state index is 4.84.